The van der Waals surface area contributed by atoms with Gasteiger partial charge >= 0.3 is 41.2 Å². The Hall–Kier alpha value is -5.26. The molecule has 0 unspecified atom stereocenters. The van der Waals surface area contributed by atoms with Crippen molar-refractivity contribution in [1.29, 1.82) is 0 Å². The summed E-state index contributed by atoms with van der Waals surface area (Å²) in [7, 11) is -18.0. The molecular weight excluding hydrogens is 810 g/mol. The maximum atomic E-state index is 9.75. The van der Waals surface area contributed by atoms with Crippen molar-refractivity contribution in [2.45, 2.75) is 0 Å². The second kappa shape index (κ2) is 24.8. The predicted molar refractivity (Wildman–Crippen MR) is 169 cm³/mol. The molecule has 6 rings (SSSR count). The monoisotopic (exact) mass is 833 g/mol. The molecule has 6 aromatic rings. The molecule has 0 aliphatic carbocycles. The Morgan fingerprint density at radius 1 is 0.269 bits per heavy atom. The van der Waals surface area contributed by atoms with Crippen LogP contribution >= 0.6 is 0 Å². The smallest absolute Gasteiger partial charge is 0.418 e. The zero-order valence-corrected chi connectivity index (χ0v) is 27.6. The van der Waals surface area contributed by atoms with E-state index in [-0.39, 0.29) is 19.5 Å². The fourth-order valence-corrected chi connectivity index (χ4v) is 2.89. The average Bonchev–Trinajstić information content (AvgIpc) is 3.09. The van der Waals surface area contributed by atoms with Gasteiger partial charge in [0, 0.05) is 49.6 Å². The van der Waals surface area contributed by atoms with Gasteiger partial charge in [-0.05, 0) is 60.7 Å². The molecule has 0 amide bonds. The van der Waals surface area contributed by atoms with E-state index in [4.69, 9.17) is 0 Å². The third-order valence-electron chi connectivity index (χ3n) is 4.52. The fourth-order valence-electron chi connectivity index (χ4n) is 2.89. The predicted octanol–water partition coefficient (Wildman–Crippen LogP) is 9.12. The van der Waals surface area contributed by atoms with Gasteiger partial charge in [-0.15, -0.1) is 0 Å². The molecule has 0 aliphatic rings. The van der Waals surface area contributed by atoms with Gasteiger partial charge in [-0.1, -0.05) is 24.3 Å². The van der Waals surface area contributed by atoms with Gasteiger partial charge in [-0.25, -0.2) is 19.9 Å². The first-order valence-corrected chi connectivity index (χ1v) is 13.7. The minimum absolute atomic E-state index is 0. The van der Waals surface area contributed by atoms with Crippen LogP contribution in [0.2, 0.25) is 0 Å². The molecule has 275 valence electrons. The van der Waals surface area contributed by atoms with E-state index < -0.39 is 21.8 Å². The van der Waals surface area contributed by atoms with Gasteiger partial charge in [-0.3, -0.25) is 19.9 Å². The molecule has 0 spiro atoms. The molecule has 0 aromatic carbocycles. The number of pyridine rings is 4. The number of halogens is 12. The summed E-state index contributed by atoms with van der Waals surface area (Å²) in [6.07, 6.45) is 13.7. The quantitative estimate of drug-likeness (QED) is 0.129. The van der Waals surface area contributed by atoms with Crippen LogP contribution in [-0.4, -0.2) is 61.6 Å². The van der Waals surface area contributed by atoms with E-state index in [0.29, 0.717) is 11.6 Å². The van der Waals surface area contributed by atoms with Gasteiger partial charge in [0.25, 0.3) is 0 Å². The van der Waals surface area contributed by atoms with Crippen molar-refractivity contribution in [2.24, 2.45) is 0 Å². The molecule has 6 aromatic heterocycles. The van der Waals surface area contributed by atoms with Gasteiger partial charge < -0.3 is 51.8 Å². The third-order valence-corrected chi connectivity index (χ3v) is 4.52. The van der Waals surface area contributed by atoms with Crippen molar-refractivity contribution in [2.75, 3.05) is 0 Å². The summed E-state index contributed by atoms with van der Waals surface area (Å²) in [6, 6.07) is 26.7. The van der Waals surface area contributed by atoms with Crippen molar-refractivity contribution in [3.05, 3.63) is 135 Å². The Morgan fingerprint density at radius 2 is 0.442 bits per heavy atom. The van der Waals surface area contributed by atoms with Gasteiger partial charge in [0.1, 0.15) is 0 Å². The summed E-state index contributed by atoms with van der Waals surface area (Å²) in [5.41, 5.74) is 3.66. The molecule has 8 nitrogen and oxygen atoms in total. The van der Waals surface area contributed by atoms with E-state index in [1.807, 2.05) is 72.8 Å². The first-order chi connectivity index (χ1) is 23.9. The molecule has 0 atom stereocenters. The van der Waals surface area contributed by atoms with Crippen LogP contribution in [0.15, 0.2) is 135 Å². The van der Waals surface area contributed by atoms with Crippen LogP contribution in [0.25, 0.3) is 34.4 Å². The first kappa shape index (κ1) is 46.7. The van der Waals surface area contributed by atoms with Gasteiger partial charge in [0.05, 0.1) is 22.8 Å². The van der Waals surface area contributed by atoms with Crippen LogP contribution in [0, 0.1) is 0 Å². The van der Waals surface area contributed by atoms with Crippen LogP contribution in [0.5, 0.6) is 0 Å². The number of rotatable bonds is 3. The van der Waals surface area contributed by atoms with E-state index >= 15 is 0 Å². The molecule has 0 saturated carbocycles. The van der Waals surface area contributed by atoms with E-state index in [2.05, 4.69) is 39.9 Å². The van der Waals surface area contributed by atoms with Gasteiger partial charge in [0.2, 0.25) is 0 Å². The van der Waals surface area contributed by atoms with Crippen molar-refractivity contribution in [3.63, 3.8) is 0 Å². The number of hydrogen-bond donors (Lipinski definition) is 0. The van der Waals surface area contributed by atoms with Gasteiger partial charge in [0.15, 0.2) is 11.6 Å². The maximum absolute atomic E-state index is 9.75. The summed E-state index contributed by atoms with van der Waals surface area (Å²) in [5.74, 6) is 1.11. The second-order valence-corrected chi connectivity index (χ2v) is 8.49. The topological polar surface area (TPSA) is 103 Å². The van der Waals surface area contributed by atoms with Crippen LogP contribution < -0.4 is 0 Å². The molecule has 0 N–H and O–H groups in total. The van der Waals surface area contributed by atoms with E-state index in [1.165, 1.54) is 0 Å². The normalized spacial score (nSPS) is 10.2. The summed E-state index contributed by atoms with van der Waals surface area (Å²) < 4.78 is 117. The summed E-state index contributed by atoms with van der Waals surface area (Å²) in [6.45, 7) is 0. The van der Waals surface area contributed by atoms with E-state index in [9.17, 15) is 51.8 Å². The number of nitrogens with zero attached hydrogens (tertiary/aromatic N) is 8. The summed E-state index contributed by atoms with van der Waals surface area (Å²) >= 11 is 0. The van der Waals surface area contributed by atoms with Crippen LogP contribution in [-0.2, 0) is 19.5 Å². The minimum Gasteiger partial charge on any atom is -0.418 e. The van der Waals surface area contributed by atoms with Crippen LogP contribution in [0.4, 0.5) is 51.8 Å². The van der Waals surface area contributed by atoms with E-state index in [0.717, 1.165) is 22.8 Å². The Kier molecular flexibility index (Phi) is 22.3. The molecule has 24 heteroatoms. The Labute approximate surface area is 301 Å². The zero-order chi connectivity index (χ0) is 38.2. The molecule has 1 radical (unpaired) electrons. The Morgan fingerprint density at radius 3 is 0.596 bits per heavy atom. The Balaban J connectivity index is 0.000000627. The summed E-state index contributed by atoms with van der Waals surface area (Å²) in [4.78, 5) is 32.8. The molecule has 0 fully saturated rings. The molecule has 0 saturated heterocycles. The van der Waals surface area contributed by atoms with Crippen molar-refractivity contribution in [1.82, 2.24) is 39.9 Å². The maximum Gasteiger partial charge on any atom is 3.00 e. The first-order valence-electron chi connectivity index (χ1n) is 13.7. The van der Waals surface area contributed by atoms with Crippen molar-refractivity contribution >= 4 is 21.8 Å². The Bertz CT molecular complexity index is 1390. The molecule has 6 heterocycles. The third kappa shape index (κ3) is 28.6. The number of aromatic nitrogens is 8. The molecule has 0 aliphatic heterocycles. The zero-order valence-electron chi connectivity index (χ0n) is 25.9. The minimum atomic E-state index is -6.00. The van der Waals surface area contributed by atoms with Crippen LogP contribution in [0.3, 0.4) is 0 Å². The van der Waals surface area contributed by atoms with Crippen molar-refractivity contribution in [3.8, 4) is 34.4 Å². The second-order valence-electron chi connectivity index (χ2n) is 8.49. The van der Waals surface area contributed by atoms with Crippen LogP contribution in [0.1, 0.15) is 0 Å². The number of hydrogen-bond acceptors (Lipinski definition) is 8. The van der Waals surface area contributed by atoms with Gasteiger partial charge in [-0.2, -0.15) is 0 Å². The summed E-state index contributed by atoms with van der Waals surface area (Å²) in [5, 5.41) is 0. The van der Waals surface area contributed by atoms with E-state index in [1.54, 1.807) is 61.7 Å². The molecular formula is C28H22B3F12N8Ru. The largest absolute Gasteiger partial charge is 3.00 e. The van der Waals surface area contributed by atoms with Crippen molar-refractivity contribution < 1.29 is 71.3 Å². The SMILES string of the molecule is F[B-](F)(F)F.F[B-](F)(F)F.F[B-](F)(F)F.[Ru+3].c1ccc(-c2ccccn2)nc1.c1ccc(-c2ccccn2)nc1.c1cnc(-c2ncccn2)nc1. The average molecular weight is 832 g/mol. The fraction of sp³-hybridized carbons (Fsp3) is 0. The molecule has 0 bridgehead atoms. The standard InChI is InChI=1S/2C10H8N2.C8H6N4.3BF4.Ru/c2*1-3-7-11-9(5-1)10-6-2-4-8-12-10;1-3-9-7(10-4-1)8-11-5-2-6-12-8;3*2-1(3,4)5;/h2*1-8H;1-6H;;;;/q;;;3*-1;+3. The molecule has 52 heavy (non-hydrogen) atoms.